The van der Waals surface area contributed by atoms with Gasteiger partial charge in [-0.15, -0.1) is 0 Å². The molecule has 2 atom stereocenters. The molecule has 2 rings (SSSR count). The first-order valence-corrected chi connectivity index (χ1v) is 5.71. The van der Waals surface area contributed by atoms with Crippen molar-refractivity contribution < 1.29 is 9.13 Å². The second kappa shape index (κ2) is 4.93. The summed E-state index contributed by atoms with van der Waals surface area (Å²) in [7, 11) is 3.62. The van der Waals surface area contributed by atoms with Crippen molar-refractivity contribution in [2.75, 3.05) is 14.2 Å². The van der Waals surface area contributed by atoms with Gasteiger partial charge in [0, 0.05) is 7.11 Å². The Hall–Kier alpha value is -0.930. The van der Waals surface area contributed by atoms with E-state index in [1.54, 1.807) is 19.2 Å². The fraction of sp³-hybridized carbons (Fsp3) is 0.538. The van der Waals surface area contributed by atoms with E-state index in [-0.39, 0.29) is 18.0 Å². The molecule has 0 heterocycles. The molecule has 1 fully saturated rings. The van der Waals surface area contributed by atoms with Gasteiger partial charge in [0.25, 0.3) is 0 Å². The molecule has 2 unspecified atom stereocenters. The van der Waals surface area contributed by atoms with E-state index >= 15 is 0 Å². The molecule has 0 radical (unpaired) electrons. The monoisotopic (exact) mass is 223 g/mol. The standard InChI is InChI=1S/C13H18FNO/c1-15-12(13(16-2)9-6-7-9)10-4-3-5-11(14)8-10/h3-5,8-9,12-13,15H,6-7H2,1-2H3. The lowest BCUT2D eigenvalue weighted by Gasteiger charge is -2.26. The number of benzene rings is 1. The molecule has 16 heavy (non-hydrogen) atoms. The zero-order valence-electron chi connectivity index (χ0n) is 9.74. The quantitative estimate of drug-likeness (QED) is 0.828. The third-order valence-electron chi connectivity index (χ3n) is 3.21. The Kier molecular flexibility index (Phi) is 3.56. The highest BCUT2D eigenvalue weighted by Crippen LogP contribution is 2.39. The van der Waals surface area contributed by atoms with Crippen LogP contribution in [0.3, 0.4) is 0 Å². The molecule has 0 saturated heterocycles. The Morgan fingerprint density at radius 1 is 1.44 bits per heavy atom. The minimum atomic E-state index is -0.191. The fourth-order valence-electron chi connectivity index (χ4n) is 2.25. The van der Waals surface area contributed by atoms with Crippen molar-refractivity contribution in [2.45, 2.75) is 25.0 Å². The first-order valence-electron chi connectivity index (χ1n) is 5.71. The first-order chi connectivity index (χ1) is 7.76. The summed E-state index contributed by atoms with van der Waals surface area (Å²) in [5.74, 6) is 0.425. The smallest absolute Gasteiger partial charge is 0.123 e. The fourth-order valence-corrected chi connectivity index (χ4v) is 2.25. The lowest BCUT2D eigenvalue weighted by atomic mass is 9.98. The van der Waals surface area contributed by atoms with Gasteiger partial charge in [-0.25, -0.2) is 4.39 Å². The number of nitrogens with one attached hydrogen (secondary N) is 1. The molecule has 3 heteroatoms. The van der Waals surface area contributed by atoms with Crippen LogP contribution in [0.1, 0.15) is 24.4 Å². The number of ether oxygens (including phenoxy) is 1. The van der Waals surface area contributed by atoms with Crippen molar-refractivity contribution in [3.8, 4) is 0 Å². The van der Waals surface area contributed by atoms with E-state index < -0.39 is 0 Å². The summed E-state index contributed by atoms with van der Waals surface area (Å²) in [5.41, 5.74) is 0.959. The molecular weight excluding hydrogens is 205 g/mol. The zero-order valence-corrected chi connectivity index (χ0v) is 9.74. The van der Waals surface area contributed by atoms with Gasteiger partial charge in [-0.1, -0.05) is 12.1 Å². The predicted octanol–water partition coefficient (Wildman–Crippen LogP) is 2.51. The summed E-state index contributed by atoms with van der Waals surface area (Å²) < 4.78 is 18.7. The third kappa shape index (κ3) is 2.42. The maximum absolute atomic E-state index is 13.2. The summed E-state index contributed by atoms with van der Waals surface area (Å²) >= 11 is 0. The van der Waals surface area contributed by atoms with Crippen LogP contribution in [0.15, 0.2) is 24.3 Å². The molecule has 88 valence electrons. The van der Waals surface area contributed by atoms with Crippen LogP contribution in [0, 0.1) is 11.7 Å². The maximum atomic E-state index is 13.2. The second-order valence-electron chi connectivity index (χ2n) is 4.36. The van der Waals surface area contributed by atoms with Gasteiger partial charge in [-0.05, 0) is 43.5 Å². The van der Waals surface area contributed by atoms with Gasteiger partial charge in [-0.3, -0.25) is 0 Å². The number of hydrogen-bond acceptors (Lipinski definition) is 2. The van der Waals surface area contributed by atoms with Crippen LogP contribution in [0.2, 0.25) is 0 Å². The Morgan fingerprint density at radius 2 is 2.19 bits per heavy atom. The van der Waals surface area contributed by atoms with Crippen LogP contribution in [0.5, 0.6) is 0 Å². The van der Waals surface area contributed by atoms with Crippen LogP contribution < -0.4 is 5.32 Å². The molecule has 1 aromatic carbocycles. The molecule has 1 aliphatic carbocycles. The van der Waals surface area contributed by atoms with Crippen LogP contribution in [0.25, 0.3) is 0 Å². The van der Waals surface area contributed by atoms with Crippen molar-refractivity contribution in [1.29, 1.82) is 0 Å². The van der Waals surface area contributed by atoms with E-state index in [1.807, 2.05) is 13.1 Å². The molecule has 2 nitrogen and oxygen atoms in total. The number of likely N-dealkylation sites (N-methyl/N-ethyl adjacent to an activating group) is 1. The van der Waals surface area contributed by atoms with Crippen LogP contribution in [-0.2, 0) is 4.74 Å². The van der Waals surface area contributed by atoms with Gasteiger partial charge >= 0.3 is 0 Å². The van der Waals surface area contributed by atoms with Gasteiger partial charge in [0.2, 0.25) is 0 Å². The van der Waals surface area contributed by atoms with Gasteiger partial charge in [0.15, 0.2) is 0 Å². The average molecular weight is 223 g/mol. The lowest BCUT2D eigenvalue weighted by Crippen LogP contribution is -2.32. The molecule has 1 N–H and O–H groups in total. The lowest BCUT2D eigenvalue weighted by molar-refractivity contribution is 0.0530. The highest BCUT2D eigenvalue weighted by Gasteiger charge is 2.36. The molecular formula is C13H18FNO. The van der Waals surface area contributed by atoms with Crippen molar-refractivity contribution in [2.24, 2.45) is 5.92 Å². The van der Waals surface area contributed by atoms with Crippen LogP contribution >= 0.6 is 0 Å². The summed E-state index contributed by atoms with van der Waals surface area (Å²) in [6.07, 6.45) is 2.57. The minimum absolute atomic E-state index is 0.0770. The average Bonchev–Trinajstić information content (AvgIpc) is 3.09. The van der Waals surface area contributed by atoms with Crippen molar-refractivity contribution in [1.82, 2.24) is 5.32 Å². The summed E-state index contributed by atoms with van der Waals surface area (Å²) in [6, 6.07) is 6.81. The first kappa shape index (κ1) is 11.6. The van der Waals surface area contributed by atoms with E-state index in [0.717, 1.165) is 5.56 Å². The SMILES string of the molecule is CNC(c1cccc(F)c1)C(OC)C1CC1. The van der Waals surface area contributed by atoms with Crippen molar-refractivity contribution >= 4 is 0 Å². The van der Waals surface area contributed by atoms with Gasteiger partial charge in [-0.2, -0.15) is 0 Å². The van der Waals surface area contributed by atoms with Crippen LogP contribution in [-0.4, -0.2) is 20.3 Å². The minimum Gasteiger partial charge on any atom is -0.379 e. The molecule has 0 spiro atoms. The predicted molar refractivity (Wildman–Crippen MR) is 61.7 cm³/mol. The van der Waals surface area contributed by atoms with E-state index in [9.17, 15) is 4.39 Å². The summed E-state index contributed by atoms with van der Waals surface area (Å²) in [6.45, 7) is 0. The Labute approximate surface area is 95.8 Å². The largest absolute Gasteiger partial charge is 0.379 e. The molecule has 1 aliphatic rings. The van der Waals surface area contributed by atoms with E-state index in [1.165, 1.54) is 18.9 Å². The maximum Gasteiger partial charge on any atom is 0.123 e. The Bertz CT molecular complexity index is 352. The number of hydrogen-bond donors (Lipinski definition) is 1. The van der Waals surface area contributed by atoms with Gasteiger partial charge < -0.3 is 10.1 Å². The van der Waals surface area contributed by atoms with Crippen LogP contribution in [0.4, 0.5) is 4.39 Å². The summed E-state index contributed by atoms with van der Waals surface area (Å²) in [5, 5.41) is 3.23. The number of rotatable bonds is 5. The molecule has 0 amide bonds. The highest BCUT2D eigenvalue weighted by molar-refractivity contribution is 5.22. The van der Waals surface area contributed by atoms with E-state index in [0.29, 0.717) is 5.92 Å². The zero-order chi connectivity index (χ0) is 11.5. The molecule has 0 aliphatic heterocycles. The number of halogens is 1. The molecule has 0 aromatic heterocycles. The van der Waals surface area contributed by atoms with Gasteiger partial charge in [0.05, 0.1) is 12.1 Å². The Balaban J connectivity index is 2.20. The molecule has 1 saturated carbocycles. The topological polar surface area (TPSA) is 21.3 Å². The van der Waals surface area contributed by atoms with E-state index in [2.05, 4.69) is 5.32 Å². The summed E-state index contributed by atoms with van der Waals surface area (Å²) in [4.78, 5) is 0. The Morgan fingerprint density at radius 3 is 2.69 bits per heavy atom. The van der Waals surface area contributed by atoms with Crippen molar-refractivity contribution in [3.05, 3.63) is 35.6 Å². The normalized spacial score (nSPS) is 19.4. The molecule has 1 aromatic rings. The van der Waals surface area contributed by atoms with E-state index in [4.69, 9.17) is 4.74 Å². The highest BCUT2D eigenvalue weighted by atomic mass is 19.1. The second-order valence-corrected chi connectivity index (χ2v) is 4.36. The number of methoxy groups -OCH3 is 1. The van der Waals surface area contributed by atoms with Gasteiger partial charge in [0.1, 0.15) is 5.82 Å². The molecule has 0 bridgehead atoms. The van der Waals surface area contributed by atoms with Crippen molar-refractivity contribution in [3.63, 3.8) is 0 Å². The third-order valence-corrected chi connectivity index (χ3v) is 3.21.